The molecule has 118 valence electrons. The van der Waals surface area contributed by atoms with E-state index in [2.05, 4.69) is 15.8 Å². The van der Waals surface area contributed by atoms with Crippen LogP contribution in [0, 0.1) is 18.8 Å². The van der Waals surface area contributed by atoms with Crippen LogP contribution in [-0.2, 0) is 11.3 Å². The fraction of sp³-hybridized carbons (Fsp3) is 0.643. The Morgan fingerprint density at radius 2 is 2.10 bits per heavy atom. The summed E-state index contributed by atoms with van der Waals surface area (Å²) in [5, 5.41) is 17.9. The summed E-state index contributed by atoms with van der Waals surface area (Å²) >= 11 is 0. The summed E-state index contributed by atoms with van der Waals surface area (Å²) in [6, 6.07) is 1.40. The lowest BCUT2D eigenvalue weighted by Gasteiger charge is -2.17. The molecule has 0 aliphatic carbocycles. The van der Waals surface area contributed by atoms with E-state index < -0.39 is 5.97 Å². The average molecular weight is 297 g/mol. The van der Waals surface area contributed by atoms with Crippen LogP contribution in [0.3, 0.4) is 0 Å². The lowest BCUT2D eigenvalue weighted by molar-refractivity contribution is -0.138. The zero-order chi connectivity index (χ0) is 15.8. The SMILES string of the molecule is Cc1cc(CNC(=O)NC[C@H](CC(=O)O)CC(C)C)on1. The lowest BCUT2D eigenvalue weighted by Crippen LogP contribution is -2.38. The van der Waals surface area contributed by atoms with Crippen molar-refractivity contribution in [3.05, 3.63) is 17.5 Å². The molecular weight excluding hydrogens is 274 g/mol. The van der Waals surface area contributed by atoms with Gasteiger partial charge in [-0.25, -0.2) is 4.79 Å². The Morgan fingerprint density at radius 3 is 2.62 bits per heavy atom. The molecule has 1 aromatic heterocycles. The van der Waals surface area contributed by atoms with Crippen LogP contribution < -0.4 is 10.6 Å². The number of carbonyl (C=O) groups excluding carboxylic acids is 1. The number of urea groups is 1. The van der Waals surface area contributed by atoms with Gasteiger partial charge < -0.3 is 20.3 Å². The number of hydrogen-bond acceptors (Lipinski definition) is 4. The third-order valence-electron chi connectivity index (χ3n) is 2.92. The Kier molecular flexibility index (Phi) is 6.71. The van der Waals surface area contributed by atoms with Gasteiger partial charge in [0.25, 0.3) is 0 Å². The van der Waals surface area contributed by atoms with Crippen LogP contribution in [-0.4, -0.2) is 28.8 Å². The van der Waals surface area contributed by atoms with E-state index in [9.17, 15) is 9.59 Å². The minimum Gasteiger partial charge on any atom is -0.481 e. The largest absolute Gasteiger partial charge is 0.481 e. The maximum Gasteiger partial charge on any atom is 0.315 e. The van der Waals surface area contributed by atoms with Crippen molar-refractivity contribution in [1.29, 1.82) is 0 Å². The first kappa shape index (κ1) is 17.0. The first-order valence-corrected chi connectivity index (χ1v) is 7.02. The number of rotatable bonds is 8. The van der Waals surface area contributed by atoms with Gasteiger partial charge in [0.05, 0.1) is 12.2 Å². The van der Waals surface area contributed by atoms with Crippen LogP contribution in [0.2, 0.25) is 0 Å². The molecule has 0 bridgehead atoms. The summed E-state index contributed by atoms with van der Waals surface area (Å²) in [5.74, 6) is 0.0454. The second-order valence-corrected chi connectivity index (χ2v) is 5.59. The highest BCUT2D eigenvalue weighted by molar-refractivity contribution is 5.74. The molecule has 2 amide bonds. The molecule has 0 aromatic carbocycles. The van der Waals surface area contributed by atoms with Gasteiger partial charge in [0, 0.05) is 19.0 Å². The minimum atomic E-state index is -0.847. The van der Waals surface area contributed by atoms with Gasteiger partial charge in [-0.15, -0.1) is 0 Å². The Hall–Kier alpha value is -2.05. The predicted molar refractivity (Wildman–Crippen MR) is 76.7 cm³/mol. The highest BCUT2D eigenvalue weighted by Gasteiger charge is 2.16. The first-order valence-electron chi connectivity index (χ1n) is 7.02. The Morgan fingerprint density at radius 1 is 1.38 bits per heavy atom. The van der Waals surface area contributed by atoms with E-state index in [0.29, 0.717) is 18.2 Å². The van der Waals surface area contributed by atoms with Crippen molar-refractivity contribution in [1.82, 2.24) is 15.8 Å². The molecule has 1 atom stereocenters. The Labute approximate surface area is 124 Å². The standard InChI is InChI=1S/C14H23N3O4/c1-9(2)4-11(6-13(18)19)7-15-14(20)16-8-12-5-10(3)17-21-12/h5,9,11H,4,6-8H2,1-3H3,(H,18,19)(H2,15,16,20)/t11-/m0/s1. The monoisotopic (exact) mass is 297 g/mol. The smallest absolute Gasteiger partial charge is 0.315 e. The summed E-state index contributed by atoms with van der Waals surface area (Å²) in [4.78, 5) is 22.5. The minimum absolute atomic E-state index is 0.0553. The van der Waals surface area contributed by atoms with Gasteiger partial charge in [0.2, 0.25) is 0 Å². The molecule has 1 heterocycles. The molecule has 0 aliphatic heterocycles. The van der Waals surface area contributed by atoms with Crippen molar-refractivity contribution in [3.63, 3.8) is 0 Å². The number of amides is 2. The van der Waals surface area contributed by atoms with E-state index in [4.69, 9.17) is 9.63 Å². The summed E-state index contributed by atoms with van der Waals surface area (Å²) in [6.07, 6.45) is 0.813. The number of aromatic nitrogens is 1. The summed E-state index contributed by atoms with van der Waals surface area (Å²) in [5.41, 5.74) is 0.755. The third kappa shape index (κ3) is 7.34. The third-order valence-corrected chi connectivity index (χ3v) is 2.92. The van der Waals surface area contributed by atoms with E-state index in [1.165, 1.54) is 0 Å². The second kappa shape index (κ2) is 8.28. The first-order chi connectivity index (χ1) is 9.86. The van der Waals surface area contributed by atoms with Crippen molar-refractivity contribution in [2.45, 2.75) is 40.2 Å². The molecule has 1 rings (SSSR count). The van der Waals surface area contributed by atoms with Crippen molar-refractivity contribution >= 4 is 12.0 Å². The van der Waals surface area contributed by atoms with Gasteiger partial charge >= 0.3 is 12.0 Å². The molecule has 0 saturated heterocycles. The predicted octanol–water partition coefficient (Wildman–Crippen LogP) is 1.92. The van der Waals surface area contributed by atoms with Crippen LogP contribution in [0.1, 0.15) is 38.1 Å². The Bertz CT molecular complexity index is 471. The van der Waals surface area contributed by atoms with Crippen LogP contribution in [0.4, 0.5) is 4.79 Å². The van der Waals surface area contributed by atoms with Crippen molar-refractivity contribution < 1.29 is 19.2 Å². The van der Waals surface area contributed by atoms with E-state index in [1.54, 1.807) is 13.0 Å². The van der Waals surface area contributed by atoms with Gasteiger partial charge in [-0.1, -0.05) is 19.0 Å². The number of carboxylic acid groups (broad SMARTS) is 1. The summed E-state index contributed by atoms with van der Waals surface area (Å²) < 4.78 is 4.98. The topological polar surface area (TPSA) is 104 Å². The zero-order valence-corrected chi connectivity index (χ0v) is 12.7. The van der Waals surface area contributed by atoms with Crippen LogP contribution >= 0.6 is 0 Å². The van der Waals surface area contributed by atoms with Gasteiger partial charge in [-0.2, -0.15) is 0 Å². The highest BCUT2D eigenvalue weighted by atomic mass is 16.5. The van der Waals surface area contributed by atoms with Crippen LogP contribution in [0.15, 0.2) is 10.6 Å². The van der Waals surface area contributed by atoms with E-state index in [-0.39, 0.29) is 24.9 Å². The number of hydrogen-bond donors (Lipinski definition) is 3. The number of aryl methyl sites for hydroxylation is 1. The van der Waals surface area contributed by atoms with Crippen molar-refractivity contribution in [2.75, 3.05) is 6.54 Å². The van der Waals surface area contributed by atoms with Crippen LogP contribution in [0.5, 0.6) is 0 Å². The summed E-state index contributed by atoms with van der Waals surface area (Å²) in [7, 11) is 0. The number of carbonyl (C=O) groups is 2. The molecule has 0 aliphatic rings. The number of aliphatic carboxylic acids is 1. The Balaban J connectivity index is 2.33. The van der Waals surface area contributed by atoms with Crippen molar-refractivity contribution in [2.24, 2.45) is 11.8 Å². The van der Waals surface area contributed by atoms with Gasteiger partial charge in [-0.05, 0) is 25.2 Å². The van der Waals surface area contributed by atoms with Gasteiger partial charge in [0.15, 0.2) is 5.76 Å². The quantitative estimate of drug-likeness (QED) is 0.680. The maximum atomic E-state index is 11.7. The molecule has 0 fully saturated rings. The molecule has 0 unspecified atom stereocenters. The average Bonchev–Trinajstić information content (AvgIpc) is 2.78. The molecule has 3 N–H and O–H groups in total. The fourth-order valence-corrected chi connectivity index (χ4v) is 2.12. The normalized spacial score (nSPS) is 12.2. The van der Waals surface area contributed by atoms with Crippen LogP contribution in [0.25, 0.3) is 0 Å². The highest BCUT2D eigenvalue weighted by Crippen LogP contribution is 2.14. The molecule has 0 spiro atoms. The van der Waals surface area contributed by atoms with E-state index in [1.807, 2.05) is 13.8 Å². The molecule has 0 radical (unpaired) electrons. The van der Waals surface area contributed by atoms with Gasteiger partial charge in [-0.3, -0.25) is 4.79 Å². The zero-order valence-electron chi connectivity index (χ0n) is 12.7. The molecule has 0 saturated carbocycles. The second-order valence-electron chi connectivity index (χ2n) is 5.59. The lowest BCUT2D eigenvalue weighted by atomic mass is 9.94. The van der Waals surface area contributed by atoms with Crippen molar-refractivity contribution in [3.8, 4) is 0 Å². The maximum absolute atomic E-state index is 11.7. The summed E-state index contributed by atoms with van der Waals surface area (Å²) in [6.45, 7) is 6.45. The van der Waals surface area contributed by atoms with E-state index >= 15 is 0 Å². The molecular formula is C14H23N3O4. The molecule has 7 nitrogen and oxygen atoms in total. The molecule has 21 heavy (non-hydrogen) atoms. The number of carboxylic acids is 1. The fourth-order valence-electron chi connectivity index (χ4n) is 2.12. The number of nitrogens with one attached hydrogen (secondary N) is 2. The number of nitrogens with zero attached hydrogens (tertiary/aromatic N) is 1. The molecule has 7 heteroatoms. The van der Waals surface area contributed by atoms with E-state index in [0.717, 1.165) is 12.1 Å². The van der Waals surface area contributed by atoms with Gasteiger partial charge in [0.1, 0.15) is 0 Å². The molecule has 1 aromatic rings.